The van der Waals surface area contributed by atoms with Crippen molar-refractivity contribution in [3.8, 4) is 0 Å². The lowest BCUT2D eigenvalue weighted by Gasteiger charge is -2.05. The molecule has 0 aliphatic heterocycles. The smallest absolute Gasteiger partial charge is 0.354 e. The van der Waals surface area contributed by atoms with Gasteiger partial charge < -0.3 is 15.0 Å². The molecule has 0 aliphatic carbocycles. The van der Waals surface area contributed by atoms with Gasteiger partial charge in [-0.1, -0.05) is 18.2 Å². The Labute approximate surface area is 150 Å². The third-order valence-electron chi connectivity index (χ3n) is 3.88. The number of ether oxygens (including phenoxy) is 1. The van der Waals surface area contributed by atoms with Gasteiger partial charge in [0.1, 0.15) is 5.69 Å². The Kier molecular flexibility index (Phi) is 5.12. The highest BCUT2D eigenvalue weighted by atomic mass is 16.5. The Morgan fingerprint density at radius 2 is 1.77 bits per heavy atom. The highest BCUT2D eigenvalue weighted by Gasteiger charge is 2.13. The van der Waals surface area contributed by atoms with Crippen LogP contribution in [0.1, 0.15) is 38.1 Å². The number of carbonyl (C=O) groups excluding carboxylic acids is 3. The quantitative estimate of drug-likeness (QED) is 0.528. The molecule has 3 aromatic rings. The van der Waals surface area contributed by atoms with Crippen LogP contribution >= 0.6 is 0 Å². The van der Waals surface area contributed by atoms with E-state index in [4.69, 9.17) is 4.74 Å². The van der Waals surface area contributed by atoms with E-state index < -0.39 is 5.97 Å². The average Bonchev–Trinajstić information content (AvgIpc) is 3.10. The van der Waals surface area contributed by atoms with E-state index in [-0.39, 0.29) is 18.2 Å². The van der Waals surface area contributed by atoms with Crippen LogP contribution in [0.2, 0.25) is 0 Å². The Morgan fingerprint density at radius 1 is 1.00 bits per heavy atom. The summed E-state index contributed by atoms with van der Waals surface area (Å²) in [5.41, 5.74) is 2.03. The molecule has 0 fully saturated rings. The first kappa shape index (κ1) is 17.4. The monoisotopic (exact) mass is 350 g/mol. The minimum Gasteiger partial charge on any atom is -0.461 e. The molecule has 0 atom stereocenters. The van der Waals surface area contributed by atoms with Gasteiger partial charge in [0.2, 0.25) is 0 Å². The van der Waals surface area contributed by atoms with Crippen LogP contribution in [-0.4, -0.2) is 35.8 Å². The number of H-pyrrole nitrogens is 1. The highest BCUT2D eigenvalue weighted by Crippen LogP contribution is 2.18. The van der Waals surface area contributed by atoms with Crippen LogP contribution < -0.4 is 5.32 Å². The minimum atomic E-state index is -0.438. The fraction of sp³-hybridized carbons (Fsp3) is 0.150. The number of hydrogen-bond acceptors (Lipinski definition) is 4. The van der Waals surface area contributed by atoms with E-state index in [1.807, 2.05) is 6.07 Å². The van der Waals surface area contributed by atoms with Gasteiger partial charge in [-0.2, -0.15) is 0 Å². The first-order valence-corrected chi connectivity index (χ1v) is 8.25. The fourth-order valence-corrected chi connectivity index (χ4v) is 2.58. The molecule has 1 heterocycles. The molecule has 1 amide bonds. The van der Waals surface area contributed by atoms with Gasteiger partial charge >= 0.3 is 5.97 Å². The molecule has 132 valence electrons. The van der Waals surface area contributed by atoms with E-state index in [1.165, 1.54) is 0 Å². The summed E-state index contributed by atoms with van der Waals surface area (Å²) in [5, 5.41) is 3.34. The number of aromatic amines is 1. The van der Waals surface area contributed by atoms with E-state index >= 15 is 0 Å². The van der Waals surface area contributed by atoms with Crippen molar-refractivity contribution in [3.63, 3.8) is 0 Å². The van der Waals surface area contributed by atoms with E-state index in [1.54, 1.807) is 55.5 Å². The number of ketones is 1. The van der Waals surface area contributed by atoms with Crippen molar-refractivity contribution in [2.75, 3.05) is 13.2 Å². The summed E-state index contributed by atoms with van der Waals surface area (Å²) in [6.45, 7) is 1.93. The maximum Gasteiger partial charge on any atom is 0.354 e. The van der Waals surface area contributed by atoms with Crippen LogP contribution in [0.5, 0.6) is 0 Å². The Hall–Kier alpha value is -3.41. The molecule has 0 saturated heterocycles. The third-order valence-corrected chi connectivity index (χ3v) is 3.88. The number of aromatic nitrogens is 1. The van der Waals surface area contributed by atoms with Gasteiger partial charge in [0, 0.05) is 22.0 Å². The lowest BCUT2D eigenvalue weighted by molar-refractivity contribution is 0.0520. The van der Waals surface area contributed by atoms with Crippen molar-refractivity contribution in [3.05, 3.63) is 71.4 Å². The number of esters is 1. The number of benzene rings is 2. The molecular weight excluding hydrogens is 332 g/mol. The van der Waals surface area contributed by atoms with Crippen LogP contribution in [0.3, 0.4) is 0 Å². The molecule has 26 heavy (non-hydrogen) atoms. The predicted molar refractivity (Wildman–Crippen MR) is 97.4 cm³/mol. The van der Waals surface area contributed by atoms with Gasteiger partial charge in [0.25, 0.3) is 5.91 Å². The first-order valence-electron chi connectivity index (χ1n) is 8.25. The van der Waals surface area contributed by atoms with Crippen LogP contribution in [0, 0.1) is 0 Å². The van der Waals surface area contributed by atoms with Crippen molar-refractivity contribution < 1.29 is 19.1 Å². The topological polar surface area (TPSA) is 88.3 Å². The lowest BCUT2D eigenvalue weighted by Crippen LogP contribution is -2.29. The number of Topliss-reactive ketones (excluding diaryl/α,β-unsaturated/α-hetero) is 1. The molecule has 2 N–H and O–H groups in total. The number of fused-ring (bicyclic) bond motifs is 1. The second-order valence-electron chi connectivity index (χ2n) is 5.68. The number of carbonyl (C=O) groups is 3. The molecule has 0 bridgehead atoms. The predicted octanol–water partition coefficient (Wildman–Crippen LogP) is 2.96. The molecule has 0 radical (unpaired) electrons. The Balaban J connectivity index is 1.70. The summed E-state index contributed by atoms with van der Waals surface area (Å²) < 4.78 is 4.96. The highest BCUT2D eigenvalue weighted by molar-refractivity contribution is 6.04. The van der Waals surface area contributed by atoms with Gasteiger partial charge in [0.15, 0.2) is 5.78 Å². The van der Waals surface area contributed by atoms with Crippen LogP contribution in [0.4, 0.5) is 0 Å². The van der Waals surface area contributed by atoms with Crippen molar-refractivity contribution in [2.45, 2.75) is 6.92 Å². The molecule has 0 saturated carbocycles. The van der Waals surface area contributed by atoms with Crippen molar-refractivity contribution in [2.24, 2.45) is 0 Å². The van der Waals surface area contributed by atoms with Gasteiger partial charge in [0.05, 0.1) is 13.2 Å². The maximum absolute atomic E-state index is 12.4. The molecule has 0 spiro atoms. The van der Waals surface area contributed by atoms with E-state index in [2.05, 4.69) is 10.3 Å². The zero-order valence-electron chi connectivity index (χ0n) is 14.2. The summed E-state index contributed by atoms with van der Waals surface area (Å²) in [6, 6.07) is 15.4. The normalized spacial score (nSPS) is 10.5. The fourth-order valence-electron chi connectivity index (χ4n) is 2.58. The van der Waals surface area contributed by atoms with Crippen LogP contribution in [-0.2, 0) is 4.74 Å². The SMILES string of the molecule is CCOC(=O)c1cc2cc(C(=O)CNC(=O)c3ccccc3)ccc2[nH]1. The first-order chi connectivity index (χ1) is 12.6. The summed E-state index contributed by atoms with van der Waals surface area (Å²) in [5.74, 6) is -0.951. The molecule has 0 aliphatic rings. The average molecular weight is 350 g/mol. The largest absolute Gasteiger partial charge is 0.461 e. The number of nitrogens with one attached hydrogen (secondary N) is 2. The second kappa shape index (κ2) is 7.65. The van der Waals surface area contributed by atoms with Gasteiger partial charge in [-0.05, 0) is 43.3 Å². The van der Waals surface area contributed by atoms with Gasteiger partial charge in [-0.15, -0.1) is 0 Å². The molecule has 1 aromatic heterocycles. The van der Waals surface area contributed by atoms with Crippen molar-refractivity contribution in [1.82, 2.24) is 10.3 Å². The zero-order valence-corrected chi connectivity index (χ0v) is 14.2. The zero-order chi connectivity index (χ0) is 18.5. The third kappa shape index (κ3) is 3.80. The minimum absolute atomic E-state index is 0.103. The van der Waals surface area contributed by atoms with Crippen LogP contribution in [0.25, 0.3) is 10.9 Å². The van der Waals surface area contributed by atoms with E-state index in [0.29, 0.717) is 23.4 Å². The summed E-state index contributed by atoms with van der Waals surface area (Å²) in [6.07, 6.45) is 0. The maximum atomic E-state index is 12.4. The molecule has 2 aromatic carbocycles. The van der Waals surface area contributed by atoms with Crippen molar-refractivity contribution in [1.29, 1.82) is 0 Å². The van der Waals surface area contributed by atoms with E-state index in [0.717, 1.165) is 10.9 Å². The molecular formula is C20H18N2O4. The Bertz CT molecular complexity index is 960. The number of hydrogen-bond donors (Lipinski definition) is 2. The number of amides is 1. The summed E-state index contributed by atoms with van der Waals surface area (Å²) in [7, 11) is 0. The van der Waals surface area contributed by atoms with E-state index in [9.17, 15) is 14.4 Å². The molecule has 6 nitrogen and oxygen atoms in total. The summed E-state index contributed by atoms with van der Waals surface area (Å²) in [4.78, 5) is 39.1. The van der Waals surface area contributed by atoms with Gasteiger partial charge in [-0.25, -0.2) is 4.79 Å². The second-order valence-corrected chi connectivity index (χ2v) is 5.68. The molecule has 6 heteroatoms. The van der Waals surface area contributed by atoms with Gasteiger partial charge in [-0.3, -0.25) is 9.59 Å². The molecule has 3 rings (SSSR count). The van der Waals surface area contributed by atoms with Crippen LogP contribution in [0.15, 0.2) is 54.6 Å². The van der Waals surface area contributed by atoms with Crippen molar-refractivity contribution >= 4 is 28.6 Å². The summed E-state index contributed by atoms with van der Waals surface area (Å²) >= 11 is 0. The lowest BCUT2D eigenvalue weighted by atomic mass is 10.1. The Morgan fingerprint density at radius 3 is 2.50 bits per heavy atom. The molecule has 0 unspecified atom stereocenters. The standard InChI is InChI=1S/C20H18N2O4/c1-2-26-20(25)17-11-15-10-14(8-9-16(15)22-17)18(23)12-21-19(24)13-6-4-3-5-7-13/h3-11,22H,2,12H2,1H3,(H,21,24). The number of rotatable bonds is 6.